The molecule has 0 saturated carbocycles. The molecular formula is C12H19N3O3. The van der Waals surface area contributed by atoms with Crippen molar-refractivity contribution in [3.63, 3.8) is 0 Å². The van der Waals surface area contributed by atoms with Crippen LogP contribution in [0.25, 0.3) is 0 Å². The van der Waals surface area contributed by atoms with E-state index >= 15 is 0 Å². The van der Waals surface area contributed by atoms with Gasteiger partial charge in [0.05, 0.1) is 19.5 Å². The third kappa shape index (κ3) is 4.29. The van der Waals surface area contributed by atoms with E-state index in [0.717, 1.165) is 19.6 Å². The monoisotopic (exact) mass is 253 g/mol. The zero-order valence-corrected chi connectivity index (χ0v) is 11.0. The largest absolute Gasteiger partial charge is 0.475 e. The van der Waals surface area contributed by atoms with Crippen molar-refractivity contribution in [1.82, 2.24) is 14.9 Å². The molecule has 1 heterocycles. The second-order valence-electron chi connectivity index (χ2n) is 3.61. The summed E-state index contributed by atoms with van der Waals surface area (Å²) in [6.45, 7) is 7.49. The topological polar surface area (TPSA) is 64.5 Å². The SMILES string of the molecule is CCN(CC)CCOc1cncc(C(=O)OC)n1. The molecule has 0 spiro atoms. The van der Waals surface area contributed by atoms with E-state index in [1.807, 2.05) is 0 Å². The van der Waals surface area contributed by atoms with E-state index in [1.54, 1.807) is 0 Å². The third-order valence-electron chi connectivity index (χ3n) is 2.56. The Morgan fingerprint density at radius 1 is 1.33 bits per heavy atom. The molecule has 0 unspecified atom stereocenters. The Balaban J connectivity index is 2.50. The lowest BCUT2D eigenvalue weighted by Gasteiger charge is -2.17. The molecule has 1 rings (SSSR count). The second kappa shape index (κ2) is 7.60. The predicted molar refractivity (Wildman–Crippen MR) is 66.7 cm³/mol. The number of nitrogens with zero attached hydrogens (tertiary/aromatic N) is 3. The van der Waals surface area contributed by atoms with Gasteiger partial charge in [0.2, 0.25) is 5.88 Å². The highest BCUT2D eigenvalue weighted by Gasteiger charge is 2.09. The molecule has 0 aliphatic rings. The van der Waals surface area contributed by atoms with Gasteiger partial charge in [-0.15, -0.1) is 0 Å². The molecule has 6 heteroatoms. The molecule has 0 radical (unpaired) electrons. The zero-order valence-electron chi connectivity index (χ0n) is 11.0. The van der Waals surface area contributed by atoms with Crippen LogP contribution in [0.4, 0.5) is 0 Å². The Kier molecular flexibility index (Phi) is 6.07. The van der Waals surface area contributed by atoms with E-state index in [4.69, 9.17) is 4.74 Å². The lowest BCUT2D eigenvalue weighted by molar-refractivity contribution is 0.0592. The van der Waals surface area contributed by atoms with Gasteiger partial charge < -0.3 is 14.4 Å². The summed E-state index contributed by atoms with van der Waals surface area (Å²) in [6.07, 6.45) is 2.83. The molecule has 0 aliphatic heterocycles. The van der Waals surface area contributed by atoms with Gasteiger partial charge in [-0.05, 0) is 13.1 Å². The van der Waals surface area contributed by atoms with Crippen LogP contribution in [-0.2, 0) is 4.74 Å². The van der Waals surface area contributed by atoms with Gasteiger partial charge in [-0.2, -0.15) is 0 Å². The molecule has 0 fully saturated rings. The first-order valence-electron chi connectivity index (χ1n) is 5.96. The van der Waals surface area contributed by atoms with Crippen molar-refractivity contribution in [1.29, 1.82) is 0 Å². The van der Waals surface area contributed by atoms with Crippen molar-refractivity contribution in [2.45, 2.75) is 13.8 Å². The average Bonchev–Trinajstić information content (AvgIpc) is 2.43. The smallest absolute Gasteiger partial charge is 0.358 e. The van der Waals surface area contributed by atoms with E-state index in [9.17, 15) is 4.79 Å². The maximum atomic E-state index is 11.3. The highest BCUT2D eigenvalue weighted by Crippen LogP contribution is 2.06. The van der Waals surface area contributed by atoms with Gasteiger partial charge in [-0.3, -0.25) is 4.98 Å². The van der Waals surface area contributed by atoms with Crippen LogP contribution in [0.2, 0.25) is 0 Å². The Bertz CT molecular complexity index is 381. The van der Waals surface area contributed by atoms with E-state index in [2.05, 4.69) is 33.5 Å². The molecule has 0 aliphatic carbocycles. The standard InChI is InChI=1S/C12H19N3O3/c1-4-15(5-2)6-7-18-11-9-13-8-10(14-11)12(16)17-3/h8-9H,4-7H2,1-3H3. The van der Waals surface area contributed by atoms with Crippen molar-refractivity contribution in [2.24, 2.45) is 0 Å². The van der Waals surface area contributed by atoms with Crippen molar-refractivity contribution in [3.8, 4) is 5.88 Å². The minimum Gasteiger partial charge on any atom is -0.475 e. The van der Waals surface area contributed by atoms with Crippen LogP contribution in [0.5, 0.6) is 5.88 Å². The van der Waals surface area contributed by atoms with Crippen molar-refractivity contribution in [3.05, 3.63) is 18.1 Å². The molecule has 0 aromatic carbocycles. The Morgan fingerprint density at radius 3 is 2.67 bits per heavy atom. The number of carbonyl (C=O) groups is 1. The molecule has 0 bridgehead atoms. The van der Waals surface area contributed by atoms with Gasteiger partial charge in [0, 0.05) is 6.54 Å². The molecule has 1 aromatic rings. The third-order valence-corrected chi connectivity index (χ3v) is 2.56. The number of hydrogen-bond acceptors (Lipinski definition) is 6. The Hall–Kier alpha value is -1.69. The van der Waals surface area contributed by atoms with Gasteiger partial charge in [-0.1, -0.05) is 13.8 Å². The highest BCUT2D eigenvalue weighted by atomic mass is 16.5. The zero-order chi connectivity index (χ0) is 13.4. The lowest BCUT2D eigenvalue weighted by atomic mass is 10.4. The summed E-state index contributed by atoms with van der Waals surface area (Å²) in [7, 11) is 1.30. The number of methoxy groups -OCH3 is 1. The van der Waals surface area contributed by atoms with Crippen LogP contribution in [-0.4, -0.2) is 54.2 Å². The van der Waals surface area contributed by atoms with Crippen molar-refractivity contribution < 1.29 is 14.3 Å². The lowest BCUT2D eigenvalue weighted by Crippen LogP contribution is -2.28. The molecule has 18 heavy (non-hydrogen) atoms. The van der Waals surface area contributed by atoms with Crippen LogP contribution in [0.15, 0.2) is 12.4 Å². The van der Waals surface area contributed by atoms with Crippen LogP contribution in [0.1, 0.15) is 24.3 Å². The summed E-state index contributed by atoms with van der Waals surface area (Å²) in [5, 5.41) is 0. The average molecular weight is 253 g/mol. The number of carbonyl (C=O) groups excluding carboxylic acids is 1. The minimum absolute atomic E-state index is 0.151. The van der Waals surface area contributed by atoms with Crippen LogP contribution in [0.3, 0.4) is 0 Å². The summed E-state index contributed by atoms with van der Waals surface area (Å²) in [4.78, 5) is 21.4. The van der Waals surface area contributed by atoms with E-state index in [0.29, 0.717) is 12.5 Å². The van der Waals surface area contributed by atoms with Crippen LogP contribution >= 0.6 is 0 Å². The quantitative estimate of drug-likeness (QED) is 0.675. The normalized spacial score (nSPS) is 10.4. The maximum absolute atomic E-state index is 11.3. The number of aromatic nitrogens is 2. The number of esters is 1. The fourth-order valence-electron chi connectivity index (χ4n) is 1.44. The summed E-state index contributed by atoms with van der Waals surface area (Å²) < 4.78 is 10.0. The second-order valence-corrected chi connectivity index (χ2v) is 3.61. The fraction of sp³-hybridized carbons (Fsp3) is 0.583. The van der Waals surface area contributed by atoms with Crippen LogP contribution in [0, 0.1) is 0 Å². The molecule has 0 saturated heterocycles. The summed E-state index contributed by atoms with van der Waals surface area (Å²) in [6, 6.07) is 0. The van der Waals surface area contributed by atoms with Gasteiger partial charge in [0.25, 0.3) is 0 Å². The number of rotatable bonds is 7. The molecule has 6 nitrogen and oxygen atoms in total. The fourth-order valence-corrected chi connectivity index (χ4v) is 1.44. The first-order chi connectivity index (χ1) is 8.71. The van der Waals surface area contributed by atoms with Crippen molar-refractivity contribution >= 4 is 5.97 Å². The molecule has 1 aromatic heterocycles. The Morgan fingerprint density at radius 2 is 2.06 bits per heavy atom. The summed E-state index contributed by atoms with van der Waals surface area (Å²) in [5.74, 6) is -0.179. The number of hydrogen-bond donors (Lipinski definition) is 0. The molecular weight excluding hydrogens is 234 g/mol. The van der Waals surface area contributed by atoms with Gasteiger partial charge in [0.15, 0.2) is 5.69 Å². The highest BCUT2D eigenvalue weighted by molar-refractivity contribution is 5.86. The minimum atomic E-state index is -0.517. The molecule has 100 valence electrons. The van der Waals surface area contributed by atoms with E-state index < -0.39 is 5.97 Å². The van der Waals surface area contributed by atoms with Gasteiger partial charge >= 0.3 is 5.97 Å². The molecule has 0 amide bonds. The molecule has 0 N–H and O–H groups in total. The van der Waals surface area contributed by atoms with Gasteiger partial charge in [0.1, 0.15) is 6.61 Å². The number of likely N-dealkylation sites (N-methyl/N-ethyl adjacent to an activating group) is 1. The van der Waals surface area contributed by atoms with Crippen LogP contribution < -0.4 is 4.74 Å². The first kappa shape index (κ1) is 14.4. The van der Waals surface area contributed by atoms with E-state index in [1.165, 1.54) is 19.5 Å². The number of ether oxygens (including phenoxy) is 2. The maximum Gasteiger partial charge on any atom is 0.358 e. The molecule has 0 atom stereocenters. The summed E-state index contributed by atoms with van der Waals surface area (Å²) in [5.41, 5.74) is 0.151. The first-order valence-corrected chi connectivity index (χ1v) is 5.96. The van der Waals surface area contributed by atoms with Gasteiger partial charge in [-0.25, -0.2) is 9.78 Å². The predicted octanol–water partition coefficient (Wildman–Crippen LogP) is 0.984. The van der Waals surface area contributed by atoms with E-state index in [-0.39, 0.29) is 5.69 Å². The van der Waals surface area contributed by atoms with Crippen molar-refractivity contribution in [2.75, 3.05) is 33.4 Å². The Labute approximate surface area is 107 Å². The summed E-state index contributed by atoms with van der Waals surface area (Å²) >= 11 is 0.